The highest BCUT2D eigenvalue weighted by Crippen LogP contribution is 2.26. The summed E-state index contributed by atoms with van der Waals surface area (Å²) in [6.45, 7) is 3.97. The predicted molar refractivity (Wildman–Crippen MR) is 207 cm³/mol. The number of rotatable bonds is 36. The fourth-order valence-electron chi connectivity index (χ4n) is 6.43. The van der Waals surface area contributed by atoms with E-state index in [-0.39, 0.29) is 19.6 Å². The third-order valence-corrected chi connectivity index (χ3v) is 10.1. The Balaban J connectivity index is 2.48. The Labute approximate surface area is 321 Å². The van der Waals surface area contributed by atoms with Crippen molar-refractivity contribution in [2.24, 2.45) is 0 Å². The van der Waals surface area contributed by atoms with Gasteiger partial charge in [0.1, 0.15) is 30.5 Å². The molecule has 0 aromatic heterocycles. The molecule has 1 aliphatic heterocycles. The van der Waals surface area contributed by atoms with Crippen molar-refractivity contribution in [3.63, 3.8) is 0 Å². The van der Waals surface area contributed by atoms with Gasteiger partial charge < -0.3 is 34.3 Å². The standard InChI is InChI=1S/C40H76O12S/c1-3-5-7-9-11-13-15-17-18-19-21-23-25-27-29-36(42)50-34(32-48-30-28-26-24-22-20-16-14-12-10-8-6-4-2)33-49-40-38(44)39(52-53(45,46)47)37(43)35(31-41)51-40/h15,17,34-35,37-41,43-44H,3-14,16,18-33H2,1-2H3,(H,45,46,47)/b17-15-. The first-order chi connectivity index (χ1) is 25.6. The van der Waals surface area contributed by atoms with Gasteiger partial charge in [0, 0.05) is 13.0 Å². The van der Waals surface area contributed by atoms with Crippen molar-refractivity contribution >= 4 is 16.4 Å². The molecule has 6 unspecified atom stereocenters. The second-order valence-electron chi connectivity index (χ2n) is 14.6. The summed E-state index contributed by atoms with van der Waals surface area (Å²) in [5, 5.41) is 30.6. The summed E-state index contributed by atoms with van der Waals surface area (Å²) >= 11 is 0. The summed E-state index contributed by atoms with van der Waals surface area (Å²) in [5.41, 5.74) is 0. The Hall–Kier alpha value is -1.16. The van der Waals surface area contributed by atoms with E-state index in [1.165, 1.54) is 89.9 Å². The Morgan fingerprint density at radius 1 is 0.698 bits per heavy atom. The number of hydrogen-bond donors (Lipinski definition) is 4. The topological polar surface area (TPSA) is 178 Å². The van der Waals surface area contributed by atoms with Gasteiger partial charge in [-0.3, -0.25) is 9.35 Å². The molecule has 12 nitrogen and oxygen atoms in total. The van der Waals surface area contributed by atoms with Gasteiger partial charge in [-0.05, 0) is 38.5 Å². The number of aliphatic hydroxyl groups is 3. The van der Waals surface area contributed by atoms with E-state index in [9.17, 15) is 28.5 Å². The molecule has 1 fully saturated rings. The van der Waals surface area contributed by atoms with Crippen LogP contribution < -0.4 is 0 Å². The molecule has 1 rings (SSSR count). The van der Waals surface area contributed by atoms with Gasteiger partial charge in [-0.15, -0.1) is 0 Å². The van der Waals surface area contributed by atoms with E-state index in [4.69, 9.17) is 23.5 Å². The van der Waals surface area contributed by atoms with Gasteiger partial charge in [0.2, 0.25) is 0 Å². The first kappa shape index (κ1) is 49.9. The Morgan fingerprint density at radius 2 is 1.19 bits per heavy atom. The van der Waals surface area contributed by atoms with E-state index < -0.39 is 59.8 Å². The summed E-state index contributed by atoms with van der Waals surface area (Å²) in [7, 11) is -5.05. The molecule has 1 aliphatic rings. The Morgan fingerprint density at radius 3 is 1.70 bits per heavy atom. The number of aliphatic hydroxyl groups excluding tert-OH is 3. The van der Waals surface area contributed by atoms with E-state index in [0.717, 1.165) is 57.8 Å². The lowest BCUT2D eigenvalue weighted by Gasteiger charge is -2.41. The van der Waals surface area contributed by atoms with Crippen LogP contribution in [0.25, 0.3) is 0 Å². The molecule has 0 radical (unpaired) electrons. The van der Waals surface area contributed by atoms with E-state index in [0.29, 0.717) is 13.0 Å². The monoisotopic (exact) mass is 781 g/mol. The lowest BCUT2D eigenvalue weighted by Crippen LogP contribution is -2.60. The molecule has 1 saturated heterocycles. The number of ether oxygens (including phenoxy) is 4. The smallest absolute Gasteiger partial charge is 0.397 e. The molecule has 1 heterocycles. The van der Waals surface area contributed by atoms with E-state index in [1.807, 2.05) is 0 Å². The highest BCUT2D eigenvalue weighted by Gasteiger charge is 2.48. The van der Waals surface area contributed by atoms with Crippen LogP contribution in [0.3, 0.4) is 0 Å². The highest BCUT2D eigenvalue weighted by molar-refractivity contribution is 7.80. The van der Waals surface area contributed by atoms with Gasteiger partial charge in [-0.25, -0.2) is 4.18 Å². The number of allylic oxidation sites excluding steroid dienone is 2. The minimum atomic E-state index is -5.05. The molecule has 0 aliphatic carbocycles. The minimum Gasteiger partial charge on any atom is -0.457 e. The maximum atomic E-state index is 12.8. The summed E-state index contributed by atoms with van der Waals surface area (Å²) in [6, 6.07) is 0. The normalized spacial score (nSPS) is 21.4. The van der Waals surface area contributed by atoms with Gasteiger partial charge in [0.15, 0.2) is 6.29 Å². The third-order valence-electron chi connectivity index (χ3n) is 9.64. The van der Waals surface area contributed by atoms with Crippen LogP contribution in [-0.4, -0.2) is 97.5 Å². The Kier molecular flexibility index (Phi) is 31.1. The largest absolute Gasteiger partial charge is 0.457 e. The second kappa shape index (κ2) is 33.0. The Bertz CT molecular complexity index is 994. The maximum Gasteiger partial charge on any atom is 0.397 e. The fourth-order valence-corrected chi connectivity index (χ4v) is 6.94. The molecule has 6 atom stereocenters. The minimum absolute atomic E-state index is 0.0375. The van der Waals surface area contributed by atoms with Crippen molar-refractivity contribution in [1.82, 2.24) is 0 Å². The molecule has 0 bridgehead atoms. The van der Waals surface area contributed by atoms with Crippen LogP contribution in [0, 0.1) is 0 Å². The van der Waals surface area contributed by atoms with Gasteiger partial charge in [-0.2, -0.15) is 8.42 Å². The van der Waals surface area contributed by atoms with Crippen molar-refractivity contribution in [1.29, 1.82) is 0 Å². The summed E-state index contributed by atoms with van der Waals surface area (Å²) in [5.74, 6) is -0.407. The SMILES string of the molecule is CCCCCCC/C=C\CCCCCCCC(=O)OC(COCCCCCCCCCCCCCC)COC1OC(CO)C(O)C(OS(=O)(=O)O)C1O. The third kappa shape index (κ3) is 27.1. The lowest BCUT2D eigenvalue weighted by molar-refractivity contribution is -0.301. The molecule has 4 N–H and O–H groups in total. The van der Waals surface area contributed by atoms with Crippen LogP contribution in [0.5, 0.6) is 0 Å². The van der Waals surface area contributed by atoms with Gasteiger partial charge >= 0.3 is 16.4 Å². The van der Waals surface area contributed by atoms with Gasteiger partial charge in [-0.1, -0.05) is 142 Å². The summed E-state index contributed by atoms with van der Waals surface area (Å²) in [6.07, 6.45) is 23.9. The number of esters is 1. The summed E-state index contributed by atoms with van der Waals surface area (Å²) < 4.78 is 58.9. The number of hydrogen-bond acceptors (Lipinski definition) is 11. The van der Waals surface area contributed by atoms with Gasteiger partial charge in [0.05, 0.1) is 19.8 Å². The lowest BCUT2D eigenvalue weighted by atomic mass is 9.99. The average molecular weight is 781 g/mol. The van der Waals surface area contributed by atoms with Crippen molar-refractivity contribution in [3.8, 4) is 0 Å². The van der Waals surface area contributed by atoms with Crippen molar-refractivity contribution in [3.05, 3.63) is 12.2 Å². The quantitative estimate of drug-likeness (QED) is 0.0209. The summed E-state index contributed by atoms with van der Waals surface area (Å²) in [4.78, 5) is 12.8. The first-order valence-corrected chi connectivity index (χ1v) is 22.3. The molecule has 13 heteroatoms. The molecule has 0 spiro atoms. The predicted octanol–water partition coefficient (Wildman–Crippen LogP) is 7.91. The van der Waals surface area contributed by atoms with E-state index in [1.54, 1.807) is 0 Å². The van der Waals surface area contributed by atoms with Crippen LogP contribution >= 0.6 is 0 Å². The molecule has 0 amide bonds. The van der Waals surface area contributed by atoms with Crippen molar-refractivity contribution in [2.75, 3.05) is 26.4 Å². The average Bonchev–Trinajstić information content (AvgIpc) is 3.12. The fraction of sp³-hybridized carbons (Fsp3) is 0.925. The van der Waals surface area contributed by atoms with Crippen LogP contribution in [-0.2, 0) is 38.3 Å². The first-order valence-electron chi connectivity index (χ1n) is 20.9. The van der Waals surface area contributed by atoms with Crippen LogP contribution in [0.2, 0.25) is 0 Å². The van der Waals surface area contributed by atoms with Crippen LogP contribution in [0.1, 0.15) is 174 Å². The second-order valence-corrected chi connectivity index (χ2v) is 15.6. The van der Waals surface area contributed by atoms with Crippen molar-refractivity contribution < 1.29 is 56.2 Å². The van der Waals surface area contributed by atoms with Crippen molar-refractivity contribution in [2.45, 2.75) is 211 Å². The van der Waals surface area contributed by atoms with Crippen LogP contribution in [0.15, 0.2) is 12.2 Å². The molecule has 0 saturated carbocycles. The van der Waals surface area contributed by atoms with Crippen LogP contribution in [0.4, 0.5) is 0 Å². The molecule has 0 aromatic carbocycles. The van der Waals surface area contributed by atoms with E-state index in [2.05, 4.69) is 30.2 Å². The molecule has 53 heavy (non-hydrogen) atoms. The van der Waals surface area contributed by atoms with Gasteiger partial charge in [0.25, 0.3) is 0 Å². The maximum absolute atomic E-state index is 12.8. The van der Waals surface area contributed by atoms with E-state index >= 15 is 0 Å². The molecular formula is C40H76O12S. The number of unbranched alkanes of at least 4 members (excludes halogenated alkanes) is 21. The number of carbonyl (C=O) groups is 1. The molecule has 314 valence electrons. The molecule has 0 aromatic rings. The zero-order chi connectivity index (χ0) is 39.0. The molecular weight excluding hydrogens is 704 g/mol. The zero-order valence-electron chi connectivity index (χ0n) is 33.1. The highest BCUT2D eigenvalue weighted by atomic mass is 32.3. The number of carbonyl (C=O) groups excluding carboxylic acids is 1. The zero-order valence-corrected chi connectivity index (χ0v) is 33.9.